The van der Waals surface area contributed by atoms with Crippen molar-refractivity contribution < 1.29 is 18.7 Å². The van der Waals surface area contributed by atoms with Gasteiger partial charge in [-0.05, 0) is 49.7 Å². The molecule has 0 bridgehead atoms. The molecule has 1 heterocycles. The van der Waals surface area contributed by atoms with Crippen LogP contribution in [0.2, 0.25) is 5.02 Å². The monoisotopic (exact) mass is 385 g/mol. The number of carbonyl (C=O) groups excluding carboxylic acids is 2. The maximum Gasteiger partial charge on any atom is 0.375 e. The van der Waals surface area contributed by atoms with E-state index in [1.165, 1.54) is 19.1 Å². The van der Waals surface area contributed by atoms with Gasteiger partial charge in [-0.2, -0.15) is 0 Å². The molecule has 0 radical (unpaired) electrons. The first-order valence-corrected chi connectivity index (χ1v) is 8.53. The van der Waals surface area contributed by atoms with E-state index < -0.39 is 23.4 Å². The van der Waals surface area contributed by atoms with Crippen LogP contribution < -0.4 is 10.7 Å². The van der Waals surface area contributed by atoms with Crippen molar-refractivity contribution in [1.29, 1.82) is 0 Å². The highest BCUT2D eigenvalue weighted by Gasteiger charge is 2.21. The van der Waals surface area contributed by atoms with Gasteiger partial charge >= 0.3 is 5.97 Å². The number of hydrogen-bond donors (Lipinski definition) is 1. The Labute approximate surface area is 159 Å². The van der Waals surface area contributed by atoms with Gasteiger partial charge in [-0.3, -0.25) is 9.59 Å². The van der Waals surface area contributed by atoms with E-state index in [1.807, 2.05) is 13.0 Å². The Balaban J connectivity index is 1.74. The summed E-state index contributed by atoms with van der Waals surface area (Å²) in [5, 5.41) is 3.30. The van der Waals surface area contributed by atoms with E-state index in [1.54, 1.807) is 24.3 Å². The van der Waals surface area contributed by atoms with Crippen molar-refractivity contribution in [3.05, 3.63) is 75.1 Å². The first kappa shape index (κ1) is 18.7. The summed E-state index contributed by atoms with van der Waals surface area (Å²) >= 11 is 5.86. The summed E-state index contributed by atoms with van der Waals surface area (Å²) in [4.78, 5) is 36.6. The summed E-state index contributed by atoms with van der Waals surface area (Å²) in [6.45, 7) is 3.33. The normalized spacial score (nSPS) is 11.8. The third-order valence-electron chi connectivity index (χ3n) is 3.83. The summed E-state index contributed by atoms with van der Waals surface area (Å²) in [6.07, 6.45) is -1.08. The molecule has 138 valence electrons. The van der Waals surface area contributed by atoms with E-state index in [0.29, 0.717) is 10.7 Å². The molecule has 0 unspecified atom stereocenters. The van der Waals surface area contributed by atoms with Gasteiger partial charge in [0.05, 0.1) is 5.39 Å². The van der Waals surface area contributed by atoms with Gasteiger partial charge < -0.3 is 14.5 Å². The zero-order chi connectivity index (χ0) is 19.6. The number of halogens is 1. The lowest BCUT2D eigenvalue weighted by atomic mass is 10.2. The van der Waals surface area contributed by atoms with Crippen LogP contribution in [0.25, 0.3) is 11.0 Å². The number of anilines is 1. The molecule has 1 atom stereocenters. The molecule has 6 nitrogen and oxygen atoms in total. The van der Waals surface area contributed by atoms with E-state index in [-0.39, 0.29) is 16.7 Å². The van der Waals surface area contributed by atoms with Gasteiger partial charge in [0.15, 0.2) is 11.5 Å². The highest BCUT2D eigenvalue weighted by Crippen LogP contribution is 2.18. The zero-order valence-corrected chi connectivity index (χ0v) is 15.4. The lowest BCUT2D eigenvalue weighted by Gasteiger charge is -2.13. The largest absolute Gasteiger partial charge is 0.449 e. The van der Waals surface area contributed by atoms with E-state index >= 15 is 0 Å². The summed E-state index contributed by atoms with van der Waals surface area (Å²) in [6, 6.07) is 12.7. The van der Waals surface area contributed by atoms with Gasteiger partial charge in [0.2, 0.25) is 5.76 Å². The fourth-order valence-electron chi connectivity index (χ4n) is 2.47. The Bertz CT molecular complexity index is 1090. The third kappa shape index (κ3) is 4.35. The molecule has 0 aliphatic rings. The van der Waals surface area contributed by atoms with Crippen molar-refractivity contribution in [3.8, 4) is 0 Å². The van der Waals surface area contributed by atoms with Gasteiger partial charge in [-0.1, -0.05) is 23.7 Å². The molecule has 0 saturated heterocycles. The molecule has 0 spiro atoms. The number of benzene rings is 2. The Morgan fingerprint density at radius 2 is 1.93 bits per heavy atom. The molecule has 2 aromatic carbocycles. The molecule has 1 N–H and O–H groups in total. The molecule has 27 heavy (non-hydrogen) atoms. The summed E-state index contributed by atoms with van der Waals surface area (Å²) in [5.74, 6) is -1.69. The number of rotatable bonds is 4. The van der Waals surface area contributed by atoms with Crippen molar-refractivity contribution >= 4 is 40.1 Å². The molecule has 0 saturated carbocycles. The second-order valence-corrected chi connectivity index (χ2v) is 6.46. The van der Waals surface area contributed by atoms with Crippen LogP contribution >= 0.6 is 11.6 Å². The predicted molar refractivity (Wildman–Crippen MR) is 102 cm³/mol. The minimum atomic E-state index is -1.08. The number of esters is 1. The van der Waals surface area contributed by atoms with Crippen LogP contribution in [-0.2, 0) is 9.53 Å². The van der Waals surface area contributed by atoms with Gasteiger partial charge in [0.1, 0.15) is 5.58 Å². The quantitative estimate of drug-likeness (QED) is 0.687. The van der Waals surface area contributed by atoms with Gasteiger partial charge in [0.25, 0.3) is 5.91 Å². The minimum Gasteiger partial charge on any atom is -0.449 e. The molecule has 0 fully saturated rings. The van der Waals surface area contributed by atoms with E-state index in [4.69, 9.17) is 20.8 Å². The molecule has 0 aliphatic heterocycles. The highest BCUT2D eigenvalue weighted by atomic mass is 35.5. The van der Waals surface area contributed by atoms with Crippen LogP contribution in [0.15, 0.2) is 57.7 Å². The number of aryl methyl sites for hydroxylation is 1. The molecular formula is C20H16ClNO5. The summed E-state index contributed by atoms with van der Waals surface area (Å²) < 4.78 is 10.5. The molecule has 0 aliphatic carbocycles. The maximum absolute atomic E-state index is 12.3. The van der Waals surface area contributed by atoms with Gasteiger partial charge in [0, 0.05) is 16.8 Å². The second kappa shape index (κ2) is 7.63. The van der Waals surface area contributed by atoms with Crippen LogP contribution in [-0.4, -0.2) is 18.0 Å². The van der Waals surface area contributed by atoms with Crippen molar-refractivity contribution in [1.82, 2.24) is 0 Å². The highest BCUT2D eigenvalue weighted by molar-refractivity contribution is 6.31. The third-order valence-corrected chi connectivity index (χ3v) is 4.06. The smallest absolute Gasteiger partial charge is 0.375 e. The molecule has 1 aromatic heterocycles. The van der Waals surface area contributed by atoms with Gasteiger partial charge in [-0.15, -0.1) is 0 Å². The first-order chi connectivity index (χ1) is 12.8. The summed E-state index contributed by atoms with van der Waals surface area (Å²) in [7, 11) is 0. The minimum absolute atomic E-state index is 0.204. The van der Waals surface area contributed by atoms with Crippen LogP contribution in [0.1, 0.15) is 23.0 Å². The average molecular weight is 386 g/mol. The number of ether oxygens (including phenoxy) is 1. The van der Waals surface area contributed by atoms with E-state index in [0.717, 1.165) is 11.6 Å². The van der Waals surface area contributed by atoms with Gasteiger partial charge in [-0.25, -0.2) is 4.79 Å². The Morgan fingerprint density at radius 3 is 2.67 bits per heavy atom. The number of amides is 1. The standard InChI is InChI=1S/C20H16ClNO5/c1-11-4-3-5-14(8-11)22-19(24)12(2)26-20(25)18-10-16(23)15-9-13(21)6-7-17(15)27-18/h3-10,12H,1-2H3,(H,22,24)/t12-/m0/s1. The molecular weight excluding hydrogens is 370 g/mol. The van der Waals surface area contributed by atoms with Crippen molar-refractivity contribution in [2.75, 3.05) is 5.32 Å². The second-order valence-electron chi connectivity index (χ2n) is 6.02. The Hall–Kier alpha value is -3.12. The lowest BCUT2D eigenvalue weighted by Crippen LogP contribution is -2.30. The fraction of sp³-hybridized carbons (Fsp3) is 0.150. The first-order valence-electron chi connectivity index (χ1n) is 8.15. The zero-order valence-electron chi connectivity index (χ0n) is 14.6. The van der Waals surface area contributed by atoms with Crippen LogP contribution in [0.3, 0.4) is 0 Å². The van der Waals surface area contributed by atoms with E-state index in [9.17, 15) is 14.4 Å². The van der Waals surface area contributed by atoms with Crippen LogP contribution in [0.5, 0.6) is 0 Å². The predicted octanol–water partition coefficient (Wildman–Crippen LogP) is 3.94. The molecule has 3 rings (SSSR count). The number of nitrogens with one attached hydrogen (secondary N) is 1. The number of carbonyl (C=O) groups is 2. The lowest BCUT2D eigenvalue weighted by molar-refractivity contribution is -0.123. The molecule has 1 amide bonds. The van der Waals surface area contributed by atoms with Crippen molar-refractivity contribution in [2.45, 2.75) is 20.0 Å². The topological polar surface area (TPSA) is 85.6 Å². The number of fused-ring (bicyclic) bond motifs is 1. The molecule has 7 heteroatoms. The van der Waals surface area contributed by atoms with Crippen molar-refractivity contribution in [2.24, 2.45) is 0 Å². The van der Waals surface area contributed by atoms with Crippen LogP contribution in [0, 0.1) is 6.92 Å². The fourth-order valence-corrected chi connectivity index (χ4v) is 2.64. The Morgan fingerprint density at radius 1 is 1.15 bits per heavy atom. The van der Waals surface area contributed by atoms with Crippen molar-refractivity contribution in [3.63, 3.8) is 0 Å². The Kier molecular flexibility index (Phi) is 5.28. The average Bonchev–Trinajstić information content (AvgIpc) is 2.62. The van der Waals surface area contributed by atoms with E-state index in [2.05, 4.69) is 5.32 Å². The summed E-state index contributed by atoms with van der Waals surface area (Å²) in [5.41, 5.74) is 1.35. The molecule has 3 aromatic rings. The van der Waals surface area contributed by atoms with Crippen LogP contribution in [0.4, 0.5) is 5.69 Å². The number of hydrogen-bond acceptors (Lipinski definition) is 5. The SMILES string of the molecule is Cc1cccc(NC(=O)[C@H](C)OC(=O)c2cc(=O)c3cc(Cl)ccc3o2)c1. The maximum atomic E-state index is 12.3.